The fourth-order valence-corrected chi connectivity index (χ4v) is 1.78. The predicted molar refractivity (Wildman–Crippen MR) is 76.4 cm³/mol. The maximum Gasteiger partial charge on any atom is 0.353 e. The SMILES string of the molecule is COC(=O)CC(=Nc1ccc(OC)cc1Br)C(=O)OC. The third kappa shape index (κ3) is 4.34. The minimum atomic E-state index is -0.682. The molecule has 0 heterocycles. The Bertz CT molecular complexity index is 542. The quantitative estimate of drug-likeness (QED) is 0.605. The Hall–Kier alpha value is -1.89. The maximum atomic E-state index is 11.6. The number of hydrogen-bond donors (Lipinski definition) is 0. The molecule has 6 nitrogen and oxygen atoms in total. The Morgan fingerprint density at radius 1 is 1.20 bits per heavy atom. The standard InChI is InChI=1S/C13H14BrNO5/c1-18-8-4-5-10(9(14)6-8)15-11(13(17)20-3)7-12(16)19-2/h4-6H,7H2,1-3H3. The molecule has 108 valence electrons. The van der Waals surface area contributed by atoms with Crippen molar-refractivity contribution in [3.8, 4) is 5.75 Å². The lowest BCUT2D eigenvalue weighted by molar-refractivity contribution is -0.140. The number of benzene rings is 1. The third-order valence-electron chi connectivity index (χ3n) is 2.37. The first-order valence-corrected chi connectivity index (χ1v) is 6.37. The molecule has 0 aliphatic rings. The number of methoxy groups -OCH3 is 3. The van der Waals surface area contributed by atoms with Crippen molar-refractivity contribution in [1.29, 1.82) is 0 Å². The van der Waals surface area contributed by atoms with Crippen LogP contribution in [0.1, 0.15) is 6.42 Å². The zero-order chi connectivity index (χ0) is 15.1. The molecule has 0 bridgehead atoms. The van der Waals surface area contributed by atoms with Crippen LogP contribution in [0, 0.1) is 0 Å². The molecular weight excluding hydrogens is 330 g/mol. The molecule has 0 amide bonds. The molecule has 0 spiro atoms. The predicted octanol–water partition coefficient (Wildman–Crippen LogP) is 2.27. The van der Waals surface area contributed by atoms with E-state index >= 15 is 0 Å². The van der Waals surface area contributed by atoms with Crippen LogP contribution in [0.15, 0.2) is 27.7 Å². The highest BCUT2D eigenvalue weighted by Gasteiger charge is 2.17. The lowest BCUT2D eigenvalue weighted by atomic mass is 10.2. The average Bonchev–Trinajstić information content (AvgIpc) is 2.47. The second-order valence-electron chi connectivity index (χ2n) is 3.62. The Morgan fingerprint density at radius 2 is 1.90 bits per heavy atom. The van der Waals surface area contributed by atoms with E-state index in [4.69, 9.17) is 4.74 Å². The van der Waals surface area contributed by atoms with Gasteiger partial charge in [-0.1, -0.05) is 0 Å². The van der Waals surface area contributed by atoms with Crippen LogP contribution in [-0.2, 0) is 19.1 Å². The number of hydrogen-bond acceptors (Lipinski definition) is 6. The fraction of sp³-hybridized carbons (Fsp3) is 0.308. The first kappa shape index (κ1) is 16.2. The van der Waals surface area contributed by atoms with Crippen molar-refractivity contribution >= 4 is 39.3 Å². The molecule has 1 aromatic rings. The third-order valence-corrected chi connectivity index (χ3v) is 3.01. The van der Waals surface area contributed by atoms with Crippen molar-refractivity contribution in [2.75, 3.05) is 21.3 Å². The second-order valence-corrected chi connectivity index (χ2v) is 4.47. The van der Waals surface area contributed by atoms with E-state index in [2.05, 4.69) is 30.4 Å². The van der Waals surface area contributed by atoms with E-state index in [1.807, 2.05) is 0 Å². The number of nitrogens with zero attached hydrogens (tertiary/aromatic N) is 1. The smallest absolute Gasteiger partial charge is 0.353 e. The fourth-order valence-electron chi connectivity index (χ4n) is 1.33. The Kier molecular flexibility index (Phi) is 6.17. The van der Waals surface area contributed by atoms with Crippen LogP contribution in [0.5, 0.6) is 5.75 Å². The molecule has 1 aromatic carbocycles. The molecule has 7 heteroatoms. The van der Waals surface area contributed by atoms with Gasteiger partial charge in [-0.15, -0.1) is 0 Å². The van der Waals surface area contributed by atoms with Gasteiger partial charge in [-0.25, -0.2) is 9.79 Å². The highest BCUT2D eigenvalue weighted by atomic mass is 79.9. The van der Waals surface area contributed by atoms with Crippen LogP contribution in [0.3, 0.4) is 0 Å². The van der Waals surface area contributed by atoms with Gasteiger partial charge in [0.25, 0.3) is 0 Å². The van der Waals surface area contributed by atoms with Gasteiger partial charge in [0.2, 0.25) is 0 Å². The summed E-state index contributed by atoms with van der Waals surface area (Å²) in [5.74, 6) is -0.611. The van der Waals surface area contributed by atoms with E-state index < -0.39 is 11.9 Å². The van der Waals surface area contributed by atoms with Crippen molar-refractivity contribution in [2.45, 2.75) is 6.42 Å². The summed E-state index contributed by atoms with van der Waals surface area (Å²) in [5.41, 5.74) is 0.445. The molecule has 0 fully saturated rings. The molecule has 0 atom stereocenters. The number of ether oxygens (including phenoxy) is 3. The van der Waals surface area contributed by atoms with Crippen LogP contribution in [0.4, 0.5) is 5.69 Å². The Morgan fingerprint density at radius 3 is 2.40 bits per heavy atom. The van der Waals surface area contributed by atoms with Crippen molar-refractivity contribution in [1.82, 2.24) is 0 Å². The van der Waals surface area contributed by atoms with E-state index in [-0.39, 0.29) is 12.1 Å². The summed E-state index contributed by atoms with van der Waals surface area (Å²) >= 11 is 3.32. The first-order valence-electron chi connectivity index (χ1n) is 5.58. The molecular formula is C13H14BrNO5. The molecule has 20 heavy (non-hydrogen) atoms. The molecule has 0 radical (unpaired) electrons. The molecule has 0 saturated heterocycles. The zero-order valence-corrected chi connectivity index (χ0v) is 12.9. The highest BCUT2D eigenvalue weighted by molar-refractivity contribution is 9.10. The Balaban J connectivity index is 3.12. The first-order chi connectivity index (χ1) is 9.51. The molecule has 1 rings (SSSR count). The molecule has 0 unspecified atom stereocenters. The maximum absolute atomic E-state index is 11.6. The largest absolute Gasteiger partial charge is 0.497 e. The summed E-state index contributed by atoms with van der Waals surface area (Å²) in [7, 11) is 4.00. The summed E-state index contributed by atoms with van der Waals surface area (Å²) in [6.07, 6.45) is -0.262. The van der Waals surface area contributed by atoms with Crippen molar-refractivity contribution in [3.05, 3.63) is 22.7 Å². The normalized spacial score (nSPS) is 10.9. The van der Waals surface area contributed by atoms with E-state index in [1.54, 1.807) is 25.3 Å². The lowest BCUT2D eigenvalue weighted by Crippen LogP contribution is -2.20. The van der Waals surface area contributed by atoms with Gasteiger partial charge in [0, 0.05) is 4.47 Å². The Labute approximate surface area is 124 Å². The number of rotatable bonds is 5. The van der Waals surface area contributed by atoms with E-state index in [9.17, 15) is 9.59 Å². The van der Waals surface area contributed by atoms with Crippen molar-refractivity contribution in [2.24, 2.45) is 4.99 Å². The van der Waals surface area contributed by atoms with Gasteiger partial charge >= 0.3 is 11.9 Å². The van der Waals surface area contributed by atoms with Gasteiger partial charge in [0.1, 0.15) is 11.5 Å². The van der Waals surface area contributed by atoms with Gasteiger partial charge in [0.15, 0.2) is 0 Å². The van der Waals surface area contributed by atoms with Gasteiger partial charge in [-0.05, 0) is 34.1 Å². The van der Waals surface area contributed by atoms with Crippen LogP contribution in [0.2, 0.25) is 0 Å². The van der Waals surface area contributed by atoms with Gasteiger partial charge < -0.3 is 14.2 Å². The van der Waals surface area contributed by atoms with Crippen LogP contribution >= 0.6 is 15.9 Å². The van der Waals surface area contributed by atoms with Gasteiger partial charge in [0.05, 0.1) is 33.4 Å². The summed E-state index contributed by atoms with van der Waals surface area (Å²) < 4.78 is 14.8. The highest BCUT2D eigenvalue weighted by Crippen LogP contribution is 2.29. The van der Waals surface area contributed by atoms with Crippen molar-refractivity contribution < 1.29 is 23.8 Å². The summed E-state index contributed by atoms with van der Waals surface area (Å²) in [5, 5.41) is 0. The molecule has 0 aromatic heterocycles. The average molecular weight is 344 g/mol. The van der Waals surface area contributed by atoms with Crippen LogP contribution < -0.4 is 4.74 Å². The van der Waals surface area contributed by atoms with Gasteiger partial charge in [-0.2, -0.15) is 0 Å². The van der Waals surface area contributed by atoms with Gasteiger partial charge in [-0.3, -0.25) is 4.79 Å². The summed E-state index contributed by atoms with van der Waals surface area (Å²) in [4.78, 5) is 27.0. The summed E-state index contributed by atoms with van der Waals surface area (Å²) in [6, 6.07) is 5.05. The monoisotopic (exact) mass is 343 g/mol. The number of carbonyl (C=O) groups is 2. The zero-order valence-electron chi connectivity index (χ0n) is 11.3. The number of carbonyl (C=O) groups excluding carboxylic acids is 2. The van der Waals surface area contributed by atoms with Crippen LogP contribution in [-0.4, -0.2) is 39.0 Å². The second kappa shape index (κ2) is 7.64. The minimum absolute atomic E-state index is 0.0368. The summed E-state index contributed by atoms with van der Waals surface area (Å²) in [6.45, 7) is 0. The molecule has 0 aliphatic carbocycles. The van der Waals surface area contributed by atoms with Crippen molar-refractivity contribution in [3.63, 3.8) is 0 Å². The van der Waals surface area contributed by atoms with E-state index in [0.29, 0.717) is 15.9 Å². The number of esters is 2. The minimum Gasteiger partial charge on any atom is -0.497 e. The van der Waals surface area contributed by atoms with Crippen LogP contribution in [0.25, 0.3) is 0 Å². The number of aliphatic imine (C=N–C) groups is 1. The molecule has 0 aliphatic heterocycles. The lowest BCUT2D eigenvalue weighted by Gasteiger charge is -2.06. The topological polar surface area (TPSA) is 74.2 Å². The van der Waals surface area contributed by atoms with E-state index in [1.165, 1.54) is 14.2 Å². The molecule has 0 N–H and O–H groups in total. The van der Waals surface area contributed by atoms with E-state index in [0.717, 1.165) is 0 Å². The molecule has 0 saturated carbocycles. The number of halogens is 1.